The van der Waals surface area contributed by atoms with Crippen LogP contribution in [0.5, 0.6) is 0 Å². The molecule has 0 radical (unpaired) electrons. The van der Waals surface area contributed by atoms with E-state index in [9.17, 15) is 4.39 Å². The fourth-order valence-electron chi connectivity index (χ4n) is 4.99. The van der Waals surface area contributed by atoms with Crippen molar-refractivity contribution in [1.82, 2.24) is 20.3 Å². The van der Waals surface area contributed by atoms with Gasteiger partial charge in [0.15, 0.2) is 0 Å². The minimum atomic E-state index is -0.242. The molecule has 0 aliphatic rings. The average molecular weight is 517 g/mol. The van der Waals surface area contributed by atoms with E-state index in [0.717, 1.165) is 68.6 Å². The summed E-state index contributed by atoms with van der Waals surface area (Å²) in [7, 11) is 0. The summed E-state index contributed by atoms with van der Waals surface area (Å²) in [5.41, 5.74) is 10.2. The molecule has 3 aromatic heterocycles. The molecule has 5 aromatic rings. The van der Waals surface area contributed by atoms with E-state index >= 15 is 0 Å². The van der Waals surface area contributed by atoms with Gasteiger partial charge in [0.25, 0.3) is 0 Å². The molecule has 5 rings (SSSR count). The molecule has 3 heterocycles. The van der Waals surface area contributed by atoms with E-state index in [-0.39, 0.29) is 5.82 Å². The molecule has 196 valence electrons. The van der Waals surface area contributed by atoms with Gasteiger partial charge in [0, 0.05) is 65.0 Å². The highest BCUT2D eigenvalue weighted by Gasteiger charge is 2.15. The third-order valence-corrected chi connectivity index (χ3v) is 7.37. The molecule has 39 heavy (non-hydrogen) atoms. The Morgan fingerprint density at radius 2 is 1.79 bits per heavy atom. The lowest BCUT2D eigenvalue weighted by molar-refractivity contribution is 0.628. The molecule has 0 spiro atoms. The predicted octanol–water partition coefficient (Wildman–Crippen LogP) is 8.12. The molecule has 0 saturated heterocycles. The van der Waals surface area contributed by atoms with Gasteiger partial charge in [0.2, 0.25) is 0 Å². The smallest absolute Gasteiger partial charge is 0.123 e. The summed E-state index contributed by atoms with van der Waals surface area (Å²) in [4.78, 5) is 13.9. The zero-order chi connectivity index (χ0) is 27.4. The number of hydrogen-bond acceptors (Lipinski definition) is 4. The van der Waals surface area contributed by atoms with Crippen LogP contribution in [-0.2, 0) is 6.42 Å². The standard InChI is InChI=1S/C34H33FN4/c1-5-22(2)31-20-30(39-33(23(31)3)25-10-12-29(35)13-11-25)14-17-37-24(4)28-18-26-8-7-16-38-34(26)32(19-28)27-9-6-15-36-21-27/h6-13,15-16,18-22,37H,4-5,14,17H2,1-3H3. The summed E-state index contributed by atoms with van der Waals surface area (Å²) in [6.45, 7) is 11.6. The first-order valence-corrected chi connectivity index (χ1v) is 13.4. The van der Waals surface area contributed by atoms with Crippen LogP contribution in [-0.4, -0.2) is 21.5 Å². The van der Waals surface area contributed by atoms with Gasteiger partial charge < -0.3 is 5.32 Å². The normalized spacial score (nSPS) is 11.9. The number of aromatic nitrogens is 3. The molecule has 0 amide bonds. The van der Waals surface area contributed by atoms with Crippen molar-refractivity contribution in [3.63, 3.8) is 0 Å². The van der Waals surface area contributed by atoms with E-state index in [2.05, 4.69) is 66.9 Å². The molecule has 5 heteroatoms. The quantitative estimate of drug-likeness (QED) is 0.215. The van der Waals surface area contributed by atoms with Crippen molar-refractivity contribution in [2.45, 2.75) is 39.5 Å². The van der Waals surface area contributed by atoms with Crippen LogP contribution in [0.3, 0.4) is 0 Å². The van der Waals surface area contributed by atoms with Crippen LogP contribution < -0.4 is 5.32 Å². The Hall–Kier alpha value is -4.38. The molecular formula is C34H33FN4. The van der Waals surface area contributed by atoms with Gasteiger partial charge in [0.1, 0.15) is 5.82 Å². The number of nitrogens with zero attached hydrogens (tertiary/aromatic N) is 3. The van der Waals surface area contributed by atoms with E-state index in [1.807, 2.05) is 42.7 Å². The van der Waals surface area contributed by atoms with Gasteiger partial charge in [0.05, 0.1) is 11.2 Å². The lowest BCUT2D eigenvalue weighted by Gasteiger charge is -2.18. The maximum atomic E-state index is 13.6. The van der Waals surface area contributed by atoms with Gasteiger partial charge in [-0.25, -0.2) is 4.39 Å². The number of nitrogens with one attached hydrogen (secondary N) is 1. The first-order chi connectivity index (χ1) is 18.9. The molecule has 0 fully saturated rings. The third kappa shape index (κ3) is 5.73. The van der Waals surface area contributed by atoms with Crippen molar-refractivity contribution < 1.29 is 4.39 Å². The van der Waals surface area contributed by atoms with E-state index in [0.29, 0.717) is 12.5 Å². The first kappa shape index (κ1) is 26.2. The third-order valence-electron chi connectivity index (χ3n) is 7.37. The van der Waals surface area contributed by atoms with Crippen molar-refractivity contribution >= 4 is 16.6 Å². The van der Waals surface area contributed by atoms with Crippen LogP contribution in [0.1, 0.15) is 48.6 Å². The minimum Gasteiger partial charge on any atom is -0.385 e. The highest BCUT2D eigenvalue weighted by Crippen LogP contribution is 2.32. The van der Waals surface area contributed by atoms with Gasteiger partial charge in [-0.3, -0.25) is 15.0 Å². The molecule has 1 atom stereocenters. The second-order valence-electron chi connectivity index (χ2n) is 9.99. The zero-order valence-corrected chi connectivity index (χ0v) is 22.7. The zero-order valence-electron chi connectivity index (χ0n) is 22.7. The molecule has 2 aromatic carbocycles. The molecule has 1 unspecified atom stereocenters. The van der Waals surface area contributed by atoms with E-state index in [1.54, 1.807) is 6.20 Å². The van der Waals surface area contributed by atoms with Crippen molar-refractivity contribution in [1.29, 1.82) is 0 Å². The number of fused-ring (bicyclic) bond motifs is 1. The summed E-state index contributed by atoms with van der Waals surface area (Å²) >= 11 is 0. The Labute approximate surface area is 229 Å². The summed E-state index contributed by atoms with van der Waals surface area (Å²) in [6, 6.07) is 21.1. The van der Waals surface area contributed by atoms with Gasteiger partial charge in [-0.15, -0.1) is 0 Å². The molecule has 1 N–H and O–H groups in total. The Balaban J connectivity index is 1.39. The maximum Gasteiger partial charge on any atom is 0.123 e. The molecular weight excluding hydrogens is 483 g/mol. The van der Waals surface area contributed by atoms with Crippen molar-refractivity contribution in [2.75, 3.05) is 6.54 Å². The Bertz CT molecular complexity index is 1610. The van der Waals surface area contributed by atoms with Crippen LogP contribution in [0.2, 0.25) is 0 Å². The summed E-state index contributed by atoms with van der Waals surface area (Å²) in [5, 5.41) is 4.57. The van der Waals surface area contributed by atoms with Crippen LogP contribution in [0, 0.1) is 12.7 Å². The first-order valence-electron chi connectivity index (χ1n) is 13.4. The van der Waals surface area contributed by atoms with Gasteiger partial charge in [-0.1, -0.05) is 32.6 Å². The number of hydrogen-bond donors (Lipinski definition) is 1. The van der Waals surface area contributed by atoms with E-state index < -0.39 is 0 Å². The van der Waals surface area contributed by atoms with Crippen LogP contribution in [0.25, 0.3) is 39.0 Å². The average Bonchev–Trinajstić information content (AvgIpc) is 2.97. The lowest BCUT2D eigenvalue weighted by atomic mass is 9.91. The van der Waals surface area contributed by atoms with Gasteiger partial charge in [-0.05, 0) is 90.6 Å². The number of pyridine rings is 3. The predicted molar refractivity (Wildman–Crippen MR) is 159 cm³/mol. The summed E-state index contributed by atoms with van der Waals surface area (Å²) in [5.74, 6) is 0.166. The highest BCUT2D eigenvalue weighted by molar-refractivity contribution is 5.96. The van der Waals surface area contributed by atoms with Crippen LogP contribution in [0.4, 0.5) is 4.39 Å². The fraction of sp³-hybridized carbons (Fsp3) is 0.206. The van der Waals surface area contributed by atoms with Gasteiger partial charge in [-0.2, -0.15) is 0 Å². The van der Waals surface area contributed by atoms with E-state index in [1.165, 1.54) is 17.7 Å². The topological polar surface area (TPSA) is 50.7 Å². The summed E-state index contributed by atoms with van der Waals surface area (Å²) < 4.78 is 13.6. The highest BCUT2D eigenvalue weighted by atomic mass is 19.1. The largest absolute Gasteiger partial charge is 0.385 e. The maximum absolute atomic E-state index is 13.6. The SMILES string of the molecule is C=C(NCCc1cc(C(C)CC)c(C)c(-c2ccc(F)cc2)n1)c1cc(-c2cccnc2)c2ncccc2c1. The molecule has 0 saturated carbocycles. The second kappa shape index (κ2) is 11.6. The number of rotatable bonds is 9. The van der Waals surface area contributed by atoms with Crippen molar-refractivity contribution in [3.05, 3.63) is 120 Å². The molecule has 0 aliphatic heterocycles. The number of halogens is 1. The fourth-order valence-corrected chi connectivity index (χ4v) is 4.99. The van der Waals surface area contributed by atoms with Gasteiger partial charge >= 0.3 is 0 Å². The minimum absolute atomic E-state index is 0.242. The van der Waals surface area contributed by atoms with Crippen molar-refractivity contribution in [3.8, 4) is 22.4 Å². The van der Waals surface area contributed by atoms with E-state index in [4.69, 9.17) is 4.98 Å². The Morgan fingerprint density at radius 3 is 2.54 bits per heavy atom. The number of benzene rings is 2. The molecule has 0 aliphatic carbocycles. The molecule has 0 bridgehead atoms. The second-order valence-corrected chi connectivity index (χ2v) is 9.99. The van der Waals surface area contributed by atoms with Crippen molar-refractivity contribution in [2.24, 2.45) is 0 Å². The lowest BCUT2D eigenvalue weighted by Crippen LogP contribution is -2.16. The van der Waals surface area contributed by atoms with Crippen LogP contribution >= 0.6 is 0 Å². The molecule has 4 nitrogen and oxygen atoms in total. The Morgan fingerprint density at radius 1 is 1.00 bits per heavy atom. The Kier molecular flexibility index (Phi) is 7.78. The monoisotopic (exact) mass is 516 g/mol. The summed E-state index contributed by atoms with van der Waals surface area (Å²) in [6.07, 6.45) is 7.23. The van der Waals surface area contributed by atoms with Crippen LogP contribution in [0.15, 0.2) is 91.9 Å².